The summed E-state index contributed by atoms with van der Waals surface area (Å²) in [6.45, 7) is 4.89. The van der Waals surface area contributed by atoms with E-state index in [1.165, 1.54) is 0 Å². The first-order valence-electron chi connectivity index (χ1n) is 8.70. The summed E-state index contributed by atoms with van der Waals surface area (Å²) in [5.41, 5.74) is 1.66. The molecule has 0 saturated heterocycles. The van der Waals surface area contributed by atoms with Gasteiger partial charge in [0.2, 0.25) is 0 Å². The molecule has 1 atom stereocenters. The van der Waals surface area contributed by atoms with Gasteiger partial charge in [0.15, 0.2) is 0 Å². The highest BCUT2D eigenvalue weighted by Crippen LogP contribution is 2.15. The normalized spacial score (nSPS) is 11.6. The van der Waals surface area contributed by atoms with E-state index in [0.717, 1.165) is 5.56 Å². The average molecular weight is 339 g/mol. The number of hydrogen-bond donors (Lipinski definition) is 0. The van der Waals surface area contributed by atoms with Crippen molar-refractivity contribution in [1.29, 1.82) is 0 Å². The zero-order valence-electron chi connectivity index (χ0n) is 14.9. The summed E-state index contributed by atoms with van der Waals surface area (Å²) in [7, 11) is 0. The van der Waals surface area contributed by atoms with E-state index < -0.39 is 0 Å². The van der Waals surface area contributed by atoms with Gasteiger partial charge in [-0.05, 0) is 31.0 Å². The standard InChI is InChI=1S/C21H25NO3/c1-3-18(21(24)25-4-2)16-22(15-17-11-7-5-8-12-17)20(23)19-13-9-6-10-14-19/h5-14,18H,3-4,15-16H2,1-2H3. The van der Waals surface area contributed by atoms with Crippen LogP contribution in [-0.4, -0.2) is 29.9 Å². The van der Waals surface area contributed by atoms with E-state index in [2.05, 4.69) is 0 Å². The largest absolute Gasteiger partial charge is 0.466 e. The Morgan fingerprint density at radius 2 is 1.56 bits per heavy atom. The molecule has 0 aliphatic heterocycles. The van der Waals surface area contributed by atoms with Crippen molar-refractivity contribution < 1.29 is 14.3 Å². The third kappa shape index (κ3) is 5.45. The highest BCUT2D eigenvalue weighted by atomic mass is 16.5. The third-order valence-electron chi connectivity index (χ3n) is 4.08. The fraction of sp³-hybridized carbons (Fsp3) is 0.333. The van der Waals surface area contributed by atoms with Crippen LogP contribution in [0.25, 0.3) is 0 Å². The quantitative estimate of drug-likeness (QED) is 0.685. The average Bonchev–Trinajstić information content (AvgIpc) is 2.66. The second-order valence-corrected chi connectivity index (χ2v) is 5.89. The zero-order valence-corrected chi connectivity index (χ0v) is 14.9. The van der Waals surface area contributed by atoms with Gasteiger partial charge in [-0.15, -0.1) is 0 Å². The Morgan fingerprint density at radius 1 is 0.960 bits per heavy atom. The molecule has 0 heterocycles. The molecule has 0 radical (unpaired) electrons. The number of esters is 1. The van der Waals surface area contributed by atoms with Gasteiger partial charge in [0.25, 0.3) is 5.91 Å². The Labute approximate surface area is 149 Å². The van der Waals surface area contributed by atoms with Crippen molar-refractivity contribution in [3.8, 4) is 0 Å². The minimum atomic E-state index is -0.323. The van der Waals surface area contributed by atoms with Gasteiger partial charge < -0.3 is 9.64 Å². The molecule has 1 unspecified atom stereocenters. The Morgan fingerprint density at radius 3 is 2.12 bits per heavy atom. The Bertz CT molecular complexity index is 670. The first-order chi connectivity index (χ1) is 12.2. The van der Waals surface area contributed by atoms with E-state index in [0.29, 0.717) is 31.7 Å². The topological polar surface area (TPSA) is 46.6 Å². The minimum Gasteiger partial charge on any atom is -0.466 e. The van der Waals surface area contributed by atoms with Gasteiger partial charge in [0.1, 0.15) is 0 Å². The van der Waals surface area contributed by atoms with Gasteiger partial charge in [0.05, 0.1) is 12.5 Å². The van der Waals surface area contributed by atoms with Crippen LogP contribution in [0.2, 0.25) is 0 Å². The number of nitrogens with zero attached hydrogens (tertiary/aromatic N) is 1. The summed E-state index contributed by atoms with van der Waals surface area (Å²) < 4.78 is 5.15. The second-order valence-electron chi connectivity index (χ2n) is 5.89. The highest BCUT2D eigenvalue weighted by Gasteiger charge is 2.25. The molecule has 0 saturated carbocycles. The van der Waals surface area contributed by atoms with Crippen LogP contribution in [0.1, 0.15) is 36.2 Å². The van der Waals surface area contributed by atoms with Gasteiger partial charge in [-0.3, -0.25) is 9.59 Å². The summed E-state index contributed by atoms with van der Waals surface area (Å²) in [4.78, 5) is 26.8. The number of amides is 1. The number of hydrogen-bond acceptors (Lipinski definition) is 3. The Hall–Kier alpha value is -2.62. The van der Waals surface area contributed by atoms with Crippen molar-refractivity contribution in [2.45, 2.75) is 26.8 Å². The highest BCUT2D eigenvalue weighted by molar-refractivity contribution is 5.94. The maximum atomic E-state index is 13.0. The van der Waals surface area contributed by atoms with Crippen LogP contribution in [-0.2, 0) is 16.1 Å². The molecule has 0 N–H and O–H groups in total. The maximum Gasteiger partial charge on any atom is 0.310 e. The summed E-state index contributed by atoms with van der Waals surface area (Å²) in [5.74, 6) is -0.646. The molecule has 25 heavy (non-hydrogen) atoms. The van der Waals surface area contributed by atoms with Crippen molar-refractivity contribution in [1.82, 2.24) is 4.90 Å². The van der Waals surface area contributed by atoms with E-state index in [1.54, 1.807) is 24.0 Å². The zero-order chi connectivity index (χ0) is 18.1. The number of rotatable bonds is 8. The number of benzene rings is 2. The molecule has 0 fully saturated rings. The lowest BCUT2D eigenvalue weighted by atomic mass is 10.0. The molecule has 4 heteroatoms. The molecule has 2 aromatic carbocycles. The molecule has 0 spiro atoms. The lowest BCUT2D eigenvalue weighted by Gasteiger charge is -2.26. The van der Waals surface area contributed by atoms with E-state index in [9.17, 15) is 9.59 Å². The lowest BCUT2D eigenvalue weighted by Crippen LogP contribution is -2.38. The van der Waals surface area contributed by atoms with Gasteiger partial charge >= 0.3 is 5.97 Å². The van der Waals surface area contributed by atoms with Gasteiger partial charge in [0, 0.05) is 18.7 Å². The van der Waals surface area contributed by atoms with Crippen LogP contribution in [0.3, 0.4) is 0 Å². The van der Waals surface area contributed by atoms with Crippen LogP contribution in [0, 0.1) is 5.92 Å². The van der Waals surface area contributed by atoms with Crippen molar-refractivity contribution in [2.24, 2.45) is 5.92 Å². The molecule has 2 aromatic rings. The van der Waals surface area contributed by atoms with Crippen molar-refractivity contribution in [3.05, 3.63) is 71.8 Å². The van der Waals surface area contributed by atoms with Crippen LogP contribution in [0.5, 0.6) is 0 Å². The van der Waals surface area contributed by atoms with Crippen molar-refractivity contribution in [2.75, 3.05) is 13.2 Å². The molecular formula is C21H25NO3. The molecule has 0 aromatic heterocycles. The van der Waals surface area contributed by atoms with Crippen LogP contribution >= 0.6 is 0 Å². The van der Waals surface area contributed by atoms with Gasteiger partial charge in [-0.25, -0.2) is 0 Å². The maximum absolute atomic E-state index is 13.0. The van der Waals surface area contributed by atoms with Crippen LogP contribution in [0.15, 0.2) is 60.7 Å². The van der Waals surface area contributed by atoms with Crippen molar-refractivity contribution >= 4 is 11.9 Å². The smallest absolute Gasteiger partial charge is 0.310 e. The number of carbonyl (C=O) groups is 2. The first-order valence-corrected chi connectivity index (χ1v) is 8.70. The van der Waals surface area contributed by atoms with Crippen LogP contribution in [0.4, 0.5) is 0 Å². The van der Waals surface area contributed by atoms with Gasteiger partial charge in [-0.2, -0.15) is 0 Å². The minimum absolute atomic E-state index is 0.0767. The van der Waals surface area contributed by atoms with Gasteiger partial charge in [-0.1, -0.05) is 55.5 Å². The second kappa shape index (κ2) is 9.62. The predicted octanol–water partition coefficient (Wildman–Crippen LogP) is 3.92. The molecule has 0 aliphatic carbocycles. The lowest BCUT2D eigenvalue weighted by molar-refractivity contribution is -0.148. The monoisotopic (exact) mass is 339 g/mol. The molecule has 0 bridgehead atoms. The predicted molar refractivity (Wildman–Crippen MR) is 98.0 cm³/mol. The van der Waals surface area contributed by atoms with E-state index in [1.807, 2.05) is 55.5 Å². The number of ether oxygens (including phenoxy) is 1. The number of carbonyl (C=O) groups excluding carboxylic acids is 2. The molecule has 2 rings (SSSR count). The Balaban J connectivity index is 2.22. The molecular weight excluding hydrogens is 314 g/mol. The third-order valence-corrected chi connectivity index (χ3v) is 4.08. The van der Waals surface area contributed by atoms with E-state index in [-0.39, 0.29) is 17.8 Å². The molecule has 132 valence electrons. The van der Waals surface area contributed by atoms with E-state index >= 15 is 0 Å². The molecule has 1 amide bonds. The van der Waals surface area contributed by atoms with Crippen molar-refractivity contribution in [3.63, 3.8) is 0 Å². The fourth-order valence-electron chi connectivity index (χ4n) is 2.68. The molecule has 0 aliphatic rings. The Kier molecular flexibility index (Phi) is 7.20. The summed E-state index contributed by atoms with van der Waals surface area (Å²) in [5, 5.41) is 0. The van der Waals surface area contributed by atoms with E-state index in [4.69, 9.17) is 4.74 Å². The first kappa shape index (κ1) is 18.7. The SMILES string of the molecule is CCOC(=O)C(CC)CN(Cc1ccccc1)C(=O)c1ccccc1. The van der Waals surface area contributed by atoms with Crippen LogP contribution < -0.4 is 0 Å². The molecule has 4 nitrogen and oxygen atoms in total. The summed E-state index contributed by atoms with van der Waals surface area (Å²) in [6.07, 6.45) is 0.631. The fourth-order valence-corrected chi connectivity index (χ4v) is 2.68. The summed E-state index contributed by atoms with van der Waals surface area (Å²) >= 11 is 0. The summed E-state index contributed by atoms with van der Waals surface area (Å²) in [6, 6.07) is 19.0.